The minimum absolute atomic E-state index is 0.0162. The summed E-state index contributed by atoms with van der Waals surface area (Å²) in [6, 6.07) is 5.76. The number of hydrogen-bond donors (Lipinski definition) is 1. The van der Waals surface area contributed by atoms with Crippen LogP contribution in [0.15, 0.2) is 18.2 Å². The van der Waals surface area contributed by atoms with Crippen LogP contribution in [0.2, 0.25) is 0 Å². The number of hydrogen-bond acceptors (Lipinski definition) is 4. The van der Waals surface area contributed by atoms with Gasteiger partial charge in [0, 0.05) is 32.9 Å². The first-order valence-electron chi connectivity index (χ1n) is 7.90. The molecule has 1 amide bonds. The van der Waals surface area contributed by atoms with Crippen LogP contribution in [0.1, 0.15) is 31.2 Å². The number of carbonyl (C=O) groups excluding carboxylic acids is 1. The zero-order valence-corrected chi connectivity index (χ0v) is 13.4. The Morgan fingerprint density at radius 3 is 2.65 bits per heavy atom. The van der Waals surface area contributed by atoms with E-state index in [1.54, 1.807) is 11.9 Å². The Bertz CT molecular complexity index is 558. The monoisotopic (exact) mass is 321 g/mol. The minimum atomic E-state index is -0.835. The highest BCUT2D eigenvalue weighted by atomic mass is 16.5. The van der Waals surface area contributed by atoms with Crippen molar-refractivity contribution in [3.05, 3.63) is 23.8 Å². The Balaban J connectivity index is 1.82. The standard InChI is InChI=1S/C17H23NO5/c1-18(9-2-4-17(20)21)16(19)8-6-13-5-7-14-15(12-13)23-11-3-10-22-14/h5,7,12H,2-4,6,8-11H2,1H3,(H,20,21). The molecule has 0 bridgehead atoms. The second-order valence-corrected chi connectivity index (χ2v) is 5.64. The van der Waals surface area contributed by atoms with Crippen molar-refractivity contribution in [2.75, 3.05) is 26.8 Å². The van der Waals surface area contributed by atoms with E-state index in [4.69, 9.17) is 14.6 Å². The summed E-state index contributed by atoms with van der Waals surface area (Å²) in [5.41, 5.74) is 1.03. The summed E-state index contributed by atoms with van der Waals surface area (Å²) < 4.78 is 11.2. The number of aliphatic carboxylic acids is 1. The summed E-state index contributed by atoms with van der Waals surface area (Å²) in [6.45, 7) is 1.76. The summed E-state index contributed by atoms with van der Waals surface area (Å²) in [7, 11) is 1.71. The lowest BCUT2D eigenvalue weighted by Gasteiger charge is -2.16. The lowest BCUT2D eigenvalue weighted by Crippen LogP contribution is -2.28. The molecule has 0 saturated heterocycles. The molecule has 6 nitrogen and oxygen atoms in total. The maximum Gasteiger partial charge on any atom is 0.303 e. The zero-order chi connectivity index (χ0) is 16.7. The molecule has 0 saturated carbocycles. The smallest absolute Gasteiger partial charge is 0.303 e. The van der Waals surface area contributed by atoms with Crippen LogP contribution >= 0.6 is 0 Å². The van der Waals surface area contributed by atoms with E-state index in [1.807, 2.05) is 18.2 Å². The highest BCUT2D eigenvalue weighted by Gasteiger charge is 2.13. The minimum Gasteiger partial charge on any atom is -0.490 e. The normalized spacial score (nSPS) is 13.3. The molecule has 0 radical (unpaired) electrons. The van der Waals surface area contributed by atoms with Gasteiger partial charge in [-0.25, -0.2) is 0 Å². The van der Waals surface area contributed by atoms with Crippen LogP contribution in [-0.2, 0) is 16.0 Å². The van der Waals surface area contributed by atoms with Crippen molar-refractivity contribution >= 4 is 11.9 Å². The van der Waals surface area contributed by atoms with E-state index >= 15 is 0 Å². The van der Waals surface area contributed by atoms with Gasteiger partial charge < -0.3 is 19.5 Å². The Kier molecular flexibility index (Phi) is 6.26. The lowest BCUT2D eigenvalue weighted by molar-refractivity contribution is -0.138. The largest absolute Gasteiger partial charge is 0.490 e. The average Bonchev–Trinajstić information content (AvgIpc) is 2.76. The van der Waals surface area contributed by atoms with Gasteiger partial charge in [-0.05, 0) is 30.5 Å². The van der Waals surface area contributed by atoms with Gasteiger partial charge >= 0.3 is 5.97 Å². The van der Waals surface area contributed by atoms with E-state index in [2.05, 4.69) is 0 Å². The van der Waals surface area contributed by atoms with Crippen molar-refractivity contribution in [3.63, 3.8) is 0 Å². The molecule has 0 aliphatic carbocycles. The van der Waals surface area contributed by atoms with E-state index in [9.17, 15) is 9.59 Å². The number of carboxylic acids is 1. The maximum absolute atomic E-state index is 12.1. The van der Waals surface area contributed by atoms with Crippen LogP contribution in [0, 0.1) is 0 Å². The molecule has 6 heteroatoms. The number of ether oxygens (including phenoxy) is 2. The molecule has 1 heterocycles. The molecular weight excluding hydrogens is 298 g/mol. The Morgan fingerprint density at radius 2 is 1.91 bits per heavy atom. The molecule has 1 aliphatic heterocycles. The summed E-state index contributed by atoms with van der Waals surface area (Å²) in [5, 5.41) is 8.61. The van der Waals surface area contributed by atoms with Gasteiger partial charge in [0.15, 0.2) is 11.5 Å². The molecule has 1 N–H and O–H groups in total. The molecule has 23 heavy (non-hydrogen) atoms. The number of aryl methyl sites for hydroxylation is 1. The topological polar surface area (TPSA) is 76.1 Å². The first-order chi connectivity index (χ1) is 11.1. The maximum atomic E-state index is 12.1. The van der Waals surface area contributed by atoms with Crippen molar-refractivity contribution in [3.8, 4) is 11.5 Å². The van der Waals surface area contributed by atoms with Crippen LogP contribution in [0.25, 0.3) is 0 Å². The summed E-state index contributed by atoms with van der Waals surface area (Å²) in [4.78, 5) is 24.1. The van der Waals surface area contributed by atoms with Crippen LogP contribution in [0.5, 0.6) is 11.5 Å². The molecule has 1 aromatic rings. The predicted molar refractivity (Wildman–Crippen MR) is 84.9 cm³/mol. The third kappa shape index (κ3) is 5.47. The second kappa shape index (κ2) is 8.41. The fraction of sp³-hybridized carbons (Fsp3) is 0.529. The number of nitrogens with zero attached hydrogens (tertiary/aromatic N) is 1. The SMILES string of the molecule is CN(CCCC(=O)O)C(=O)CCc1ccc2c(c1)OCCCO2. The number of fused-ring (bicyclic) bond motifs is 1. The molecule has 2 rings (SSSR count). The van der Waals surface area contributed by atoms with E-state index in [1.165, 1.54) is 0 Å². The van der Waals surface area contributed by atoms with E-state index in [-0.39, 0.29) is 12.3 Å². The molecule has 0 aromatic heterocycles. The van der Waals surface area contributed by atoms with Crippen LogP contribution in [0.4, 0.5) is 0 Å². The fourth-order valence-electron chi connectivity index (χ4n) is 2.40. The van der Waals surface area contributed by atoms with Crippen molar-refractivity contribution in [2.45, 2.75) is 32.1 Å². The summed E-state index contributed by atoms with van der Waals surface area (Å²) >= 11 is 0. The molecule has 0 unspecified atom stereocenters. The number of carbonyl (C=O) groups is 2. The predicted octanol–water partition coefficient (Wildman–Crippen LogP) is 2.10. The molecular formula is C17H23NO5. The highest BCUT2D eigenvalue weighted by Crippen LogP contribution is 2.30. The molecule has 0 atom stereocenters. The van der Waals surface area contributed by atoms with Crippen LogP contribution < -0.4 is 9.47 Å². The number of amides is 1. The number of rotatable bonds is 7. The van der Waals surface area contributed by atoms with E-state index < -0.39 is 5.97 Å². The summed E-state index contributed by atoms with van der Waals surface area (Å²) in [6.07, 6.45) is 2.44. The molecule has 126 valence electrons. The molecule has 0 spiro atoms. The Labute approximate surface area is 136 Å². The molecule has 0 fully saturated rings. The Morgan fingerprint density at radius 1 is 1.17 bits per heavy atom. The van der Waals surface area contributed by atoms with Gasteiger partial charge in [-0.3, -0.25) is 9.59 Å². The second-order valence-electron chi connectivity index (χ2n) is 5.64. The third-order valence-corrected chi connectivity index (χ3v) is 3.75. The van der Waals surface area contributed by atoms with Crippen molar-refractivity contribution in [2.24, 2.45) is 0 Å². The van der Waals surface area contributed by atoms with Gasteiger partial charge in [0.05, 0.1) is 13.2 Å². The number of benzene rings is 1. The third-order valence-electron chi connectivity index (χ3n) is 3.75. The first-order valence-corrected chi connectivity index (χ1v) is 7.90. The summed E-state index contributed by atoms with van der Waals surface area (Å²) in [5.74, 6) is 0.672. The fourth-order valence-corrected chi connectivity index (χ4v) is 2.40. The lowest BCUT2D eigenvalue weighted by atomic mass is 10.1. The van der Waals surface area contributed by atoms with Gasteiger partial charge in [-0.1, -0.05) is 6.07 Å². The van der Waals surface area contributed by atoms with Crippen molar-refractivity contribution in [1.82, 2.24) is 4.90 Å². The van der Waals surface area contributed by atoms with E-state index in [0.717, 1.165) is 23.5 Å². The van der Waals surface area contributed by atoms with Gasteiger partial charge in [-0.2, -0.15) is 0 Å². The van der Waals surface area contributed by atoms with Crippen molar-refractivity contribution in [1.29, 1.82) is 0 Å². The molecule has 1 aromatic carbocycles. The van der Waals surface area contributed by atoms with Gasteiger partial charge in [0.25, 0.3) is 0 Å². The van der Waals surface area contributed by atoms with Crippen molar-refractivity contribution < 1.29 is 24.2 Å². The molecule has 1 aliphatic rings. The van der Waals surface area contributed by atoms with Gasteiger partial charge in [0.2, 0.25) is 5.91 Å². The highest BCUT2D eigenvalue weighted by molar-refractivity contribution is 5.76. The van der Waals surface area contributed by atoms with Crippen LogP contribution in [-0.4, -0.2) is 48.7 Å². The van der Waals surface area contributed by atoms with Gasteiger partial charge in [-0.15, -0.1) is 0 Å². The van der Waals surface area contributed by atoms with E-state index in [0.29, 0.717) is 39.0 Å². The zero-order valence-electron chi connectivity index (χ0n) is 13.4. The first kappa shape index (κ1) is 17.1. The Hall–Kier alpha value is -2.24. The average molecular weight is 321 g/mol. The van der Waals surface area contributed by atoms with Crippen LogP contribution in [0.3, 0.4) is 0 Å². The van der Waals surface area contributed by atoms with Gasteiger partial charge in [0.1, 0.15) is 0 Å². The number of carboxylic acid groups (broad SMARTS) is 1. The quantitative estimate of drug-likeness (QED) is 0.832.